The Balaban J connectivity index is 1.85. The molecule has 2 bridgehead atoms. The molecule has 0 radical (unpaired) electrons. The van der Waals surface area contributed by atoms with Crippen molar-refractivity contribution in [1.82, 2.24) is 10.2 Å². The lowest BCUT2D eigenvalue weighted by Crippen LogP contribution is -2.58. The average molecular weight is 288 g/mol. The van der Waals surface area contributed by atoms with Gasteiger partial charge in [0, 0.05) is 24.2 Å². The number of piperazine rings is 1. The van der Waals surface area contributed by atoms with Crippen molar-refractivity contribution >= 4 is 5.91 Å². The fourth-order valence-corrected chi connectivity index (χ4v) is 4.10. The fraction of sp³-hybridized carbons (Fsp3) is 0.562. The number of nitrogens with zero attached hydrogens (tertiary/aromatic N) is 1. The predicted molar refractivity (Wildman–Crippen MR) is 77.6 cm³/mol. The van der Waals surface area contributed by atoms with Gasteiger partial charge in [-0.2, -0.15) is 0 Å². The molecule has 0 aliphatic carbocycles. The monoisotopic (exact) mass is 288 g/mol. The van der Waals surface area contributed by atoms with E-state index in [9.17, 15) is 4.79 Å². The molecule has 3 aliphatic heterocycles. The lowest BCUT2D eigenvalue weighted by Gasteiger charge is -2.45. The number of hydrogen-bond acceptors (Lipinski definition) is 4. The SMILES string of the molecule is COc1cc2c(c(OC)c1)C1C3CCC(N3)C(=O)N1CC2. The maximum atomic E-state index is 12.5. The second-order valence-electron chi connectivity index (χ2n) is 6.03. The molecular formula is C16H20N2O3. The first-order valence-electron chi connectivity index (χ1n) is 7.54. The number of fused-ring (bicyclic) bond motifs is 6. The molecule has 112 valence electrons. The highest BCUT2D eigenvalue weighted by Crippen LogP contribution is 2.45. The highest BCUT2D eigenvalue weighted by molar-refractivity contribution is 5.84. The van der Waals surface area contributed by atoms with Crippen LogP contribution in [0.4, 0.5) is 0 Å². The molecule has 21 heavy (non-hydrogen) atoms. The van der Waals surface area contributed by atoms with E-state index >= 15 is 0 Å². The number of methoxy groups -OCH3 is 2. The van der Waals surface area contributed by atoms with Crippen LogP contribution in [-0.4, -0.2) is 43.7 Å². The number of ether oxygens (including phenoxy) is 2. The Morgan fingerprint density at radius 2 is 2.10 bits per heavy atom. The molecule has 3 atom stereocenters. The van der Waals surface area contributed by atoms with E-state index in [-0.39, 0.29) is 18.0 Å². The molecular weight excluding hydrogens is 268 g/mol. The minimum absolute atomic E-state index is 0.0250. The number of carbonyl (C=O) groups is 1. The lowest BCUT2D eigenvalue weighted by molar-refractivity contribution is -0.139. The molecule has 3 unspecified atom stereocenters. The Kier molecular flexibility index (Phi) is 2.85. The van der Waals surface area contributed by atoms with Gasteiger partial charge in [-0.15, -0.1) is 0 Å². The van der Waals surface area contributed by atoms with Crippen molar-refractivity contribution in [3.05, 3.63) is 23.3 Å². The zero-order chi connectivity index (χ0) is 14.6. The highest BCUT2D eigenvalue weighted by Gasteiger charge is 2.48. The Bertz CT molecular complexity index is 584. The van der Waals surface area contributed by atoms with Crippen LogP contribution < -0.4 is 14.8 Å². The molecule has 1 aromatic carbocycles. The summed E-state index contributed by atoms with van der Waals surface area (Å²) >= 11 is 0. The third-order valence-corrected chi connectivity index (χ3v) is 5.05. The van der Waals surface area contributed by atoms with E-state index in [1.807, 2.05) is 6.07 Å². The van der Waals surface area contributed by atoms with E-state index in [0.717, 1.165) is 42.9 Å². The molecule has 4 rings (SSSR count). The zero-order valence-electron chi connectivity index (χ0n) is 12.4. The maximum Gasteiger partial charge on any atom is 0.240 e. The molecule has 0 spiro atoms. The van der Waals surface area contributed by atoms with Crippen molar-refractivity contribution in [2.45, 2.75) is 37.4 Å². The Morgan fingerprint density at radius 3 is 2.86 bits per heavy atom. The summed E-state index contributed by atoms with van der Waals surface area (Å²) in [6.45, 7) is 0.793. The number of hydrogen-bond donors (Lipinski definition) is 1. The summed E-state index contributed by atoms with van der Waals surface area (Å²) in [6, 6.07) is 4.47. The second kappa shape index (κ2) is 4.63. The standard InChI is InChI=1S/C16H20N2O3/c1-20-10-7-9-5-6-18-15(14(9)13(8-10)21-2)11-3-4-12(17-11)16(18)19/h7-8,11-12,15,17H,3-6H2,1-2H3. The Morgan fingerprint density at radius 1 is 1.24 bits per heavy atom. The van der Waals surface area contributed by atoms with Crippen molar-refractivity contribution in [1.29, 1.82) is 0 Å². The number of amides is 1. The predicted octanol–water partition coefficient (Wildman–Crippen LogP) is 1.26. The molecule has 5 nitrogen and oxygen atoms in total. The minimum atomic E-state index is 0.0250. The summed E-state index contributed by atoms with van der Waals surface area (Å²) in [5, 5.41) is 3.48. The Labute approximate surface area is 124 Å². The van der Waals surface area contributed by atoms with Gasteiger partial charge in [0.2, 0.25) is 5.91 Å². The van der Waals surface area contributed by atoms with Crippen molar-refractivity contribution in [2.24, 2.45) is 0 Å². The number of benzene rings is 1. The van der Waals surface area contributed by atoms with E-state index in [1.165, 1.54) is 5.56 Å². The summed E-state index contributed by atoms with van der Waals surface area (Å²) in [5.74, 6) is 1.90. The molecule has 1 amide bonds. The van der Waals surface area contributed by atoms with Gasteiger partial charge < -0.3 is 19.7 Å². The third-order valence-electron chi connectivity index (χ3n) is 5.05. The van der Waals surface area contributed by atoms with E-state index in [1.54, 1.807) is 14.2 Å². The topological polar surface area (TPSA) is 50.8 Å². The fourth-order valence-electron chi connectivity index (χ4n) is 4.10. The molecule has 2 saturated heterocycles. The van der Waals surface area contributed by atoms with Gasteiger partial charge in [0.05, 0.1) is 26.3 Å². The van der Waals surface area contributed by atoms with Crippen LogP contribution in [0.2, 0.25) is 0 Å². The quantitative estimate of drug-likeness (QED) is 0.890. The number of nitrogens with one attached hydrogen (secondary N) is 1. The first-order valence-corrected chi connectivity index (χ1v) is 7.54. The summed E-state index contributed by atoms with van der Waals surface area (Å²) < 4.78 is 11.0. The van der Waals surface area contributed by atoms with Gasteiger partial charge in [0.25, 0.3) is 0 Å². The van der Waals surface area contributed by atoms with E-state index in [2.05, 4.69) is 16.3 Å². The normalized spacial score (nSPS) is 29.9. The van der Waals surface area contributed by atoms with Gasteiger partial charge in [0.15, 0.2) is 0 Å². The van der Waals surface area contributed by atoms with E-state index in [4.69, 9.17) is 9.47 Å². The second-order valence-corrected chi connectivity index (χ2v) is 6.03. The van der Waals surface area contributed by atoms with Crippen LogP contribution in [0.1, 0.15) is 30.0 Å². The highest BCUT2D eigenvalue weighted by atomic mass is 16.5. The Hall–Kier alpha value is -1.75. The third kappa shape index (κ3) is 1.77. The van der Waals surface area contributed by atoms with Crippen LogP contribution >= 0.6 is 0 Å². The van der Waals surface area contributed by atoms with E-state index in [0.29, 0.717) is 6.04 Å². The first-order chi connectivity index (χ1) is 10.2. The van der Waals surface area contributed by atoms with Crippen LogP contribution in [0.5, 0.6) is 11.5 Å². The smallest absolute Gasteiger partial charge is 0.240 e. The van der Waals surface area contributed by atoms with Gasteiger partial charge in [-0.05, 0) is 30.9 Å². The molecule has 0 saturated carbocycles. The zero-order valence-corrected chi connectivity index (χ0v) is 12.4. The summed E-state index contributed by atoms with van der Waals surface area (Å²) in [7, 11) is 3.35. The van der Waals surface area contributed by atoms with Gasteiger partial charge in [-0.25, -0.2) is 0 Å². The molecule has 1 aromatic rings. The van der Waals surface area contributed by atoms with Crippen molar-refractivity contribution < 1.29 is 14.3 Å². The largest absolute Gasteiger partial charge is 0.497 e. The molecule has 3 heterocycles. The molecule has 0 aromatic heterocycles. The van der Waals surface area contributed by atoms with Gasteiger partial charge >= 0.3 is 0 Å². The van der Waals surface area contributed by atoms with Crippen molar-refractivity contribution in [3.63, 3.8) is 0 Å². The first kappa shape index (κ1) is 13.0. The maximum absolute atomic E-state index is 12.5. The van der Waals surface area contributed by atoms with Crippen LogP contribution in [0.25, 0.3) is 0 Å². The summed E-state index contributed by atoms with van der Waals surface area (Å²) in [4.78, 5) is 14.6. The summed E-state index contributed by atoms with van der Waals surface area (Å²) in [6.07, 6.45) is 2.86. The van der Waals surface area contributed by atoms with Crippen LogP contribution in [0, 0.1) is 0 Å². The van der Waals surface area contributed by atoms with Gasteiger partial charge in [-0.3, -0.25) is 4.79 Å². The molecule has 2 fully saturated rings. The van der Waals surface area contributed by atoms with Crippen LogP contribution in [-0.2, 0) is 11.2 Å². The number of carbonyl (C=O) groups excluding carboxylic acids is 1. The van der Waals surface area contributed by atoms with E-state index < -0.39 is 0 Å². The molecule has 3 aliphatic rings. The molecule has 1 N–H and O–H groups in total. The van der Waals surface area contributed by atoms with Crippen LogP contribution in [0.3, 0.4) is 0 Å². The van der Waals surface area contributed by atoms with Gasteiger partial charge in [-0.1, -0.05) is 0 Å². The van der Waals surface area contributed by atoms with Crippen LogP contribution in [0.15, 0.2) is 12.1 Å². The number of rotatable bonds is 2. The van der Waals surface area contributed by atoms with Crippen molar-refractivity contribution in [3.8, 4) is 11.5 Å². The average Bonchev–Trinajstić information content (AvgIpc) is 2.96. The summed E-state index contributed by atoms with van der Waals surface area (Å²) in [5.41, 5.74) is 2.41. The molecule has 5 heteroatoms. The van der Waals surface area contributed by atoms with Crippen molar-refractivity contribution in [2.75, 3.05) is 20.8 Å². The van der Waals surface area contributed by atoms with Gasteiger partial charge in [0.1, 0.15) is 11.5 Å². The minimum Gasteiger partial charge on any atom is -0.497 e. The lowest BCUT2D eigenvalue weighted by atomic mass is 9.86.